The quantitative estimate of drug-likeness (QED) is 0.937. The molecule has 0 bridgehead atoms. The van der Waals surface area contributed by atoms with Crippen LogP contribution in [0.3, 0.4) is 0 Å². The van der Waals surface area contributed by atoms with Crippen LogP contribution in [0.5, 0.6) is 11.6 Å². The van der Waals surface area contributed by atoms with E-state index in [9.17, 15) is 9.18 Å². The molecule has 0 unspecified atom stereocenters. The highest BCUT2D eigenvalue weighted by atomic mass is 79.9. The Bertz CT molecular complexity index is 655. The number of nitrogens with zero attached hydrogens (tertiary/aromatic N) is 1. The molecule has 6 heteroatoms. The molecule has 1 aromatic heterocycles. The summed E-state index contributed by atoms with van der Waals surface area (Å²) in [4.78, 5) is 18.3. The van der Waals surface area contributed by atoms with Crippen LogP contribution in [-0.4, -0.2) is 9.97 Å². The highest BCUT2D eigenvalue weighted by Crippen LogP contribution is 2.24. The lowest BCUT2D eigenvalue weighted by Gasteiger charge is -2.08. The number of ether oxygens (including phenoxy) is 1. The second-order valence-corrected chi connectivity index (χ2v) is 5.16. The van der Waals surface area contributed by atoms with Gasteiger partial charge in [-0.15, -0.1) is 0 Å². The van der Waals surface area contributed by atoms with E-state index in [4.69, 9.17) is 4.74 Å². The largest absolute Gasteiger partial charge is 0.439 e. The van der Waals surface area contributed by atoms with Crippen molar-refractivity contribution in [1.29, 1.82) is 0 Å². The Morgan fingerprint density at radius 1 is 1.37 bits per heavy atom. The maximum absolute atomic E-state index is 13.4. The zero-order chi connectivity index (χ0) is 14.0. The van der Waals surface area contributed by atoms with Gasteiger partial charge in [0.1, 0.15) is 17.4 Å². The van der Waals surface area contributed by atoms with Crippen LogP contribution in [0, 0.1) is 5.82 Å². The van der Waals surface area contributed by atoms with Crippen molar-refractivity contribution in [3.63, 3.8) is 0 Å². The number of benzene rings is 1. The maximum Gasteiger partial charge on any atom is 0.254 e. The first-order valence-corrected chi connectivity index (χ1v) is 6.49. The van der Waals surface area contributed by atoms with E-state index in [2.05, 4.69) is 25.9 Å². The molecular formula is C13H12BrFN2O2. The van der Waals surface area contributed by atoms with E-state index in [-0.39, 0.29) is 23.1 Å². The lowest BCUT2D eigenvalue weighted by Crippen LogP contribution is -2.11. The predicted octanol–water partition coefficient (Wildman–Crippen LogP) is 3.59. The summed E-state index contributed by atoms with van der Waals surface area (Å²) >= 11 is 3.06. The van der Waals surface area contributed by atoms with Crippen LogP contribution in [0.15, 0.2) is 33.5 Å². The molecule has 0 aliphatic rings. The van der Waals surface area contributed by atoms with E-state index in [0.717, 1.165) is 0 Å². The third-order valence-electron chi connectivity index (χ3n) is 2.40. The zero-order valence-electron chi connectivity index (χ0n) is 10.4. The molecule has 0 radical (unpaired) electrons. The Hall–Kier alpha value is -1.69. The first-order chi connectivity index (χ1) is 8.95. The van der Waals surface area contributed by atoms with E-state index in [0.29, 0.717) is 10.3 Å². The molecule has 1 heterocycles. The fourth-order valence-electron chi connectivity index (χ4n) is 1.44. The molecule has 19 heavy (non-hydrogen) atoms. The van der Waals surface area contributed by atoms with Crippen molar-refractivity contribution in [3.8, 4) is 11.6 Å². The number of aromatic nitrogens is 2. The number of hydrogen-bond acceptors (Lipinski definition) is 3. The number of nitrogens with one attached hydrogen (secondary N) is 1. The first kappa shape index (κ1) is 13.7. The molecule has 0 atom stereocenters. The third-order valence-corrected chi connectivity index (χ3v) is 3.04. The predicted molar refractivity (Wildman–Crippen MR) is 73.1 cm³/mol. The van der Waals surface area contributed by atoms with Crippen molar-refractivity contribution >= 4 is 15.9 Å². The fourth-order valence-corrected chi connectivity index (χ4v) is 1.69. The second kappa shape index (κ2) is 5.52. The van der Waals surface area contributed by atoms with Crippen molar-refractivity contribution in [2.45, 2.75) is 19.8 Å². The van der Waals surface area contributed by atoms with Gasteiger partial charge >= 0.3 is 0 Å². The number of aromatic amines is 1. The molecule has 0 saturated carbocycles. The van der Waals surface area contributed by atoms with Gasteiger partial charge in [-0.05, 0) is 28.1 Å². The van der Waals surface area contributed by atoms with E-state index < -0.39 is 5.82 Å². The molecule has 2 aromatic rings. The number of rotatable bonds is 3. The summed E-state index contributed by atoms with van der Waals surface area (Å²) in [6.07, 6.45) is 0. The van der Waals surface area contributed by atoms with Crippen LogP contribution in [0.2, 0.25) is 0 Å². The lowest BCUT2D eigenvalue weighted by atomic mass is 10.2. The minimum absolute atomic E-state index is 0.0675. The van der Waals surface area contributed by atoms with E-state index in [1.54, 1.807) is 6.07 Å². The molecule has 0 spiro atoms. The summed E-state index contributed by atoms with van der Waals surface area (Å²) in [6.45, 7) is 3.81. The van der Waals surface area contributed by atoms with E-state index in [1.807, 2.05) is 13.8 Å². The highest BCUT2D eigenvalue weighted by Gasteiger charge is 2.08. The van der Waals surface area contributed by atoms with Gasteiger partial charge in [0.25, 0.3) is 5.56 Å². The Labute approximate surface area is 117 Å². The minimum Gasteiger partial charge on any atom is -0.439 e. The zero-order valence-corrected chi connectivity index (χ0v) is 12.0. The average molecular weight is 327 g/mol. The molecule has 100 valence electrons. The van der Waals surface area contributed by atoms with Crippen molar-refractivity contribution in [3.05, 3.63) is 50.7 Å². The third kappa shape index (κ3) is 3.41. The van der Waals surface area contributed by atoms with Crippen molar-refractivity contribution in [1.82, 2.24) is 9.97 Å². The van der Waals surface area contributed by atoms with Gasteiger partial charge < -0.3 is 9.72 Å². The molecule has 1 N–H and O–H groups in total. The van der Waals surface area contributed by atoms with Crippen LogP contribution in [-0.2, 0) is 0 Å². The standard InChI is InChI=1S/C13H12BrFN2O2/c1-7(2)13-16-11(18)6-12(17-13)19-8-3-4-9(14)10(15)5-8/h3-7H,1-2H3,(H,16,17,18). The molecule has 0 aliphatic heterocycles. The van der Waals surface area contributed by atoms with Gasteiger partial charge in [0, 0.05) is 12.0 Å². The summed E-state index contributed by atoms with van der Waals surface area (Å²) in [5, 5.41) is 0. The van der Waals surface area contributed by atoms with Crippen molar-refractivity contribution < 1.29 is 9.13 Å². The van der Waals surface area contributed by atoms with E-state index >= 15 is 0 Å². The van der Waals surface area contributed by atoms with Gasteiger partial charge in [-0.3, -0.25) is 4.79 Å². The fraction of sp³-hybridized carbons (Fsp3) is 0.231. The van der Waals surface area contributed by atoms with Gasteiger partial charge in [-0.25, -0.2) is 4.39 Å². The molecule has 0 amide bonds. The topological polar surface area (TPSA) is 55.0 Å². The first-order valence-electron chi connectivity index (χ1n) is 5.70. The van der Waals surface area contributed by atoms with Gasteiger partial charge in [0.05, 0.1) is 10.5 Å². The Kier molecular flexibility index (Phi) is 3.99. The summed E-state index contributed by atoms with van der Waals surface area (Å²) in [5.41, 5.74) is -0.300. The van der Waals surface area contributed by atoms with Crippen LogP contribution in [0.4, 0.5) is 4.39 Å². The van der Waals surface area contributed by atoms with Gasteiger partial charge in [0.15, 0.2) is 0 Å². The molecule has 1 aromatic carbocycles. The monoisotopic (exact) mass is 326 g/mol. The highest BCUT2D eigenvalue weighted by molar-refractivity contribution is 9.10. The Balaban J connectivity index is 2.32. The van der Waals surface area contributed by atoms with Gasteiger partial charge in [-0.2, -0.15) is 4.98 Å². The van der Waals surface area contributed by atoms with Crippen LogP contribution < -0.4 is 10.3 Å². The average Bonchev–Trinajstić information content (AvgIpc) is 2.33. The normalized spacial score (nSPS) is 10.8. The number of halogens is 2. The van der Waals surface area contributed by atoms with Crippen LogP contribution >= 0.6 is 15.9 Å². The molecule has 0 fully saturated rings. The Morgan fingerprint density at radius 2 is 2.11 bits per heavy atom. The minimum atomic E-state index is -0.438. The number of hydrogen-bond donors (Lipinski definition) is 1. The van der Waals surface area contributed by atoms with E-state index in [1.165, 1.54) is 18.2 Å². The maximum atomic E-state index is 13.4. The summed E-state index contributed by atoms with van der Waals surface area (Å²) in [6, 6.07) is 5.57. The van der Waals surface area contributed by atoms with Crippen LogP contribution in [0.1, 0.15) is 25.6 Å². The molecule has 4 nitrogen and oxygen atoms in total. The number of H-pyrrole nitrogens is 1. The van der Waals surface area contributed by atoms with Gasteiger partial charge in [0.2, 0.25) is 5.88 Å². The molecule has 2 rings (SSSR count). The van der Waals surface area contributed by atoms with Crippen molar-refractivity contribution in [2.24, 2.45) is 0 Å². The summed E-state index contributed by atoms with van der Waals surface area (Å²) in [7, 11) is 0. The molecular weight excluding hydrogens is 315 g/mol. The Morgan fingerprint density at radius 3 is 2.74 bits per heavy atom. The summed E-state index contributed by atoms with van der Waals surface area (Å²) < 4.78 is 19.1. The molecule has 0 saturated heterocycles. The van der Waals surface area contributed by atoms with Crippen molar-refractivity contribution in [2.75, 3.05) is 0 Å². The lowest BCUT2D eigenvalue weighted by molar-refractivity contribution is 0.451. The SMILES string of the molecule is CC(C)c1nc(Oc2ccc(Br)c(F)c2)cc(=O)[nH]1. The smallest absolute Gasteiger partial charge is 0.254 e. The second-order valence-electron chi connectivity index (χ2n) is 4.30. The van der Waals surface area contributed by atoms with Crippen LogP contribution in [0.25, 0.3) is 0 Å². The molecule has 0 aliphatic carbocycles. The summed E-state index contributed by atoms with van der Waals surface area (Å²) in [5.74, 6) is 0.590. The van der Waals surface area contributed by atoms with Gasteiger partial charge in [-0.1, -0.05) is 13.8 Å².